The van der Waals surface area contributed by atoms with Crippen LogP contribution in [-0.2, 0) is 6.54 Å². The molecule has 0 aliphatic heterocycles. The molecule has 0 saturated heterocycles. The van der Waals surface area contributed by atoms with Gasteiger partial charge in [0, 0.05) is 5.56 Å². The molecule has 0 aliphatic carbocycles. The lowest BCUT2D eigenvalue weighted by molar-refractivity contribution is 0.415. The average molecular weight is 204 g/mol. The smallest absolute Gasteiger partial charge is 0.208 e. The summed E-state index contributed by atoms with van der Waals surface area (Å²) in [4.78, 5) is 4.22. The minimum Gasteiger partial charge on any atom is -0.497 e. The van der Waals surface area contributed by atoms with Crippen LogP contribution < -0.4 is 10.5 Å². The number of aromatic nitrogens is 1. The Bertz CT molecular complexity index is 434. The number of nitrogens with zero attached hydrogens (tertiary/aromatic N) is 1. The number of rotatable bonds is 3. The zero-order valence-electron chi connectivity index (χ0n) is 8.43. The summed E-state index contributed by atoms with van der Waals surface area (Å²) in [5.41, 5.74) is 7.19. The van der Waals surface area contributed by atoms with Gasteiger partial charge >= 0.3 is 0 Å². The van der Waals surface area contributed by atoms with Crippen LogP contribution in [-0.4, -0.2) is 12.1 Å². The van der Waals surface area contributed by atoms with Gasteiger partial charge in [0.25, 0.3) is 0 Å². The van der Waals surface area contributed by atoms with Crippen molar-refractivity contribution in [3.8, 4) is 17.0 Å². The summed E-state index contributed by atoms with van der Waals surface area (Å²) in [6.07, 6.45) is 1.60. The maximum Gasteiger partial charge on any atom is 0.208 e. The van der Waals surface area contributed by atoms with Gasteiger partial charge in [-0.1, -0.05) is 0 Å². The van der Waals surface area contributed by atoms with Crippen molar-refractivity contribution in [2.75, 3.05) is 7.11 Å². The molecule has 0 aliphatic rings. The molecule has 1 aromatic heterocycles. The van der Waals surface area contributed by atoms with Crippen molar-refractivity contribution in [1.29, 1.82) is 0 Å². The predicted molar refractivity (Wildman–Crippen MR) is 56.4 cm³/mol. The quantitative estimate of drug-likeness (QED) is 0.828. The van der Waals surface area contributed by atoms with Crippen molar-refractivity contribution in [3.63, 3.8) is 0 Å². The molecule has 2 aromatic rings. The van der Waals surface area contributed by atoms with E-state index in [0.29, 0.717) is 12.4 Å². The summed E-state index contributed by atoms with van der Waals surface area (Å²) in [6, 6.07) is 7.62. The summed E-state index contributed by atoms with van der Waals surface area (Å²) in [5, 5.41) is 0. The largest absolute Gasteiger partial charge is 0.497 e. The molecule has 0 atom stereocenters. The molecule has 0 fully saturated rings. The second kappa shape index (κ2) is 4.14. The van der Waals surface area contributed by atoms with Crippen molar-refractivity contribution < 1.29 is 9.15 Å². The van der Waals surface area contributed by atoms with E-state index >= 15 is 0 Å². The first kappa shape index (κ1) is 9.73. The second-order valence-electron chi connectivity index (χ2n) is 3.06. The third-order valence-corrected chi connectivity index (χ3v) is 2.11. The highest BCUT2D eigenvalue weighted by Crippen LogP contribution is 2.21. The molecular formula is C11H12N2O2. The highest BCUT2D eigenvalue weighted by Gasteiger charge is 2.04. The van der Waals surface area contributed by atoms with Crippen LogP contribution in [0.25, 0.3) is 11.3 Å². The molecule has 0 saturated carbocycles. The van der Waals surface area contributed by atoms with Crippen molar-refractivity contribution >= 4 is 0 Å². The molecule has 0 amide bonds. The Morgan fingerprint density at radius 1 is 1.33 bits per heavy atom. The Balaban J connectivity index is 2.28. The van der Waals surface area contributed by atoms with Crippen LogP contribution in [0.3, 0.4) is 0 Å². The van der Waals surface area contributed by atoms with E-state index < -0.39 is 0 Å². The van der Waals surface area contributed by atoms with Crippen molar-refractivity contribution in [1.82, 2.24) is 4.98 Å². The van der Waals surface area contributed by atoms with Gasteiger partial charge < -0.3 is 14.9 Å². The standard InChI is InChI=1S/C11H12N2O2/c1-14-9-4-2-8(3-5-9)10-7-15-11(6-12)13-10/h2-5,7H,6,12H2,1H3. The lowest BCUT2D eigenvalue weighted by Gasteiger charge is -1.99. The number of hydrogen-bond acceptors (Lipinski definition) is 4. The van der Waals surface area contributed by atoms with Gasteiger partial charge in [0.1, 0.15) is 17.7 Å². The van der Waals surface area contributed by atoms with Crippen LogP contribution in [0.5, 0.6) is 5.75 Å². The number of ether oxygens (including phenoxy) is 1. The number of oxazole rings is 1. The Morgan fingerprint density at radius 2 is 2.07 bits per heavy atom. The summed E-state index contributed by atoms with van der Waals surface area (Å²) in [5.74, 6) is 1.36. The topological polar surface area (TPSA) is 61.3 Å². The summed E-state index contributed by atoms with van der Waals surface area (Å²) in [6.45, 7) is 0.316. The van der Waals surface area contributed by atoms with E-state index in [-0.39, 0.29) is 0 Å². The molecule has 78 valence electrons. The van der Waals surface area contributed by atoms with E-state index in [1.54, 1.807) is 13.4 Å². The molecule has 1 heterocycles. The van der Waals surface area contributed by atoms with E-state index in [2.05, 4.69) is 4.98 Å². The molecule has 4 heteroatoms. The fourth-order valence-electron chi connectivity index (χ4n) is 1.30. The van der Waals surface area contributed by atoms with Gasteiger partial charge in [-0.3, -0.25) is 0 Å². The summed E-state index contributed by atoms with van der Waals surface area (Å²) < 4.78 is 10.2. The summed E-state index contributed by atoms with van der Waals surface area (Å²) >= 11 is 0. The fraction of sp³-hybridized carbons (Fsp3) is 0.182. The molecule has 0 unspecified atom stereocenters. The first-order valence-corrected chi connectivity index (χ1v) is 4.62. The zero-order valence-corrected chi connectivity index (χ0v) is 8.43. The maximum absolute atomic E-state index is 5.41. The molecule has 2 N–H and O–H groups in total. The monoisotopic (exact) mass is 204 g/mol. The molecule has 4 nitrogen and oxygen atoms in total. The summed E-state index contributed by atoms with van der Waals surface area (Å²) in [7, 11) is 1.64. The molecule has 0 radical (unpaired) electrons. The van der Waals surface area contributed by atoms with Crippen molar-refractivity contribution in [2.45, 2.75) is 6.54 Å². The highest BCUT2D eigenvalue weighted by molar-refractivity contribution is 5.58. The molecule has 2 rings (SSSR count). The Labute approximate surface area is 87.7 Å². The molecule has 0 bridgehead atoms. The van der Waals surface area contributed by atoms with Gasteiger partial charge in [-0.2, -0.15) is 0 Å². The van der Waals surface area contributed by atoms with Crippen LogP contribution >= 0.6 is 0 Å². The third-order valence-electron chi connectivity index (χ3n) is 2.11. The number of methoxy groups -OCH3 is 1. The normalized spacial score (nSPS) is 10.3. The average Bonchev–Trinajstić information content (AvgIpc) is 2.78. The second-order valence-corrected chi connectivity index (χ2v) is 3.06. The lowest BCUT2D eigenvalue weighted by Crippen LogP contribution is -1.95. The molecule has 0 spiro atoms. The van der Waals surface area contributed by atoms with Gasteiger partial charge in [-0.05, 0) is 24.3 Å². The van der Waals surface area contributed by atoms with E-state index in [4.69, 9.17) is 14.9 Å². The molecular weight excluding hydrogens is 192 g/mol. The Hall–Kier alpha value is -1.81. The van der Waals surface area contributed by atoms with E-state index in [0.717, 1.165) is 17.0 Å². The van der Waals surface area contributed by atoms with Crippen LogP contribution in [0.1, 0.15) is 5.89 Å². The number of nitrogens with two attached hydrogens (primary N) is 1. The molecule has 1 aromatic carbocycles. The van der Waals surface area contributed by atoms with Gasteiger partial charge in [-0.25, -0.2) is 4.98 Å². The lowest BCUT2D eigenvalue weighted by atomic mass is 10.2. The first-order valence-electron chi connectivity index (χ1n) is 4.62. The van der Waals surface area contributed by atoms with E-state index in [9.17, 15) is 0 Å². The minimum atomic E-state index is 0.316. The van der Waals surface area contributed by atoms with Crippen molar-refractivity contribution in [2.24, 2.45) is 5.73 Å². The maximum atomic E-state index is 5.41. The van der Waals surface area contributed by atoms with Crippen LogP contribution in [0.4, 0.5) is 0 Å². The Kier molecular flexibility index (Phi) is 2.69. The fourth-order valence-corrected chi connectivity index (χ4v) is 1.30. The molecule has 15 heavy (non-hydrogen) atoms. The van der Waals surface area contributed by atoms with E-state index in [1.165, 1.54) is 0 Å². The minimum absolute atomic E-state index is 0.316. The highest BCUT2D eigenvalue weighted by atomic mass is 16.5. The zero-order chi connectivity index (χ0) is 10.7. The van der Waals surface area contributed by atoms with Gasteiger partial charge in [-0.15, -0.1) is 0 Å². The van der Waals surface area contributed by atoms with Crippen LogP contribution in [0, 0.1) is 0 Å². The van der Waals surface area contributed by atoms with E-state index in [1.807, 2.05) is 24.3 Å². The van der Waals surface area contributed by atoms with Gasteiger partial charge in [0.05, 0.1) is 13.7 Å². The number of benzene rings is 1. The Morgan fingerprint density at radius 3 is 2.60 bits per heavy atom. The predicted octanol–water partition coefficient (Wildman–Crippen LogP) is 1.81. The SMILES string of the molecule is COc1ccc(-c2coc(CN)n2)cc1. The third kappa shape index (κ3) is 1.99. The first-order chi connectivity index (χ1) is 7.33. The van der Waals surface area contributed by atoms with Gasteiger partial charge in [0.15, 0.2) is 0 Å². The van der Waals surface area contributed by atoms with Crippen LogP contribution in [0.15, 0.2) is 34.9 Å². The number of hydrogen-bond donors (Lipinski definition) is 1. The van der Waals surface area contributed by atoms with Gasteiger partial charge in [0.2, 0.25) is 5.89 Å². The van der Waals surface area contributed by atoms with Crippen LogP contribution in [0.2, 0.25) is 0 Å². The van der Waals surface area contributed by atoms with Crippen molar-refractivity contribution in [3.05, 3.63) is 36.4 Å².